The first-order valence-corrected chi connectivity index (χ1v) is 6.35. The van der Waals surface area contributed by atoms with Gasteiger partial charge in [-0.25, -0.2) is 4.98 Å². The van der Waals surface area contributed by atoms with Crippen molar-refractivity contribution >= 4 is 5.52 Å². The van der Waals surface area contributed by atoms with Crippen molar-refractivity contribution in [1.29, 1.82) is 0 Å². The molecular weight excluding hydrogens is 210 g/mol. The van der Waals surface area contributed by atoms with Gasteiger partial charge in [0.1, 0.15) is 5.82 Å². The van der Waals surface area contributed by atoms with Gasteiger partial charge < -0.3 is 5.73 Å². The van der Waals surface area contributed by atoms with Crippen molar-refractivity contribution in [3.8, 4) is 0 Å². The van der Waals surface area contributed by atoms with Crippen molar-refractivity contribution < 1.29 is 0 Å². The maximum Gasteiger partial charge on any atom is 0.113 e. The molecule has 2 aromatic rings. The van der Waals surface area contributed by atoms with Crippen LogP contribution in [-0.2, 0) is 12.0 Å². The molecule has 0 saturated heterocycles. The molecule has 0 atom stereocenters. The van der Waals surface area contributed by atoms with E-state index in [1.165, 1.54) is 5.69 Å². The van der Waals surface area contributed by atoms with Gasteiger partial charge in [0.25, 0.3) is 0 Å². The van der Waals surface area contributed by atoms with Crippen molar-refractivity contribution in [1.82, 2.24) is 9.38 Å². The number of nitrogens with zero attached hydrogens (tertiary/aromatic N) is 2. The molecule has 90 valence electrons. The Labute approximate surface area is 102 Å². The Bertz CT molecular complexity index is 550. The fraction of sp³-hybridized carbons (Fsp3) is 0.500. The third kappa shape index (κ3) is 1.75. The van der Waals surface area contributed by atoms with E-state index in [-0.39, 0.29) is 5.54 Å². The maximum absolute atomic E-state index is 6.34. The average molecular weight is 229 g/mol. The molecular formula is C14H19N3. The van der Waals surface area contributed by atoms with Crippen molar-refractivity contribution in [2.24, 2.45) is 11.7 Å². The second-order valence-corrected chi connectivity index (χ2v) is 5.60. The van der Waals surface area contributed by atoms with Crippen LogP contribution >= 0.6 is 0 Å². The molecule has 3 heteroatoms. The van der Waals surface area contributed by atoms with Gasteiger partial charge in [-0.05, 0) is 30.9 Å². The van der Waals surface area contributed by atoms with Gasteiger partial charge in [-0.2, -0.15) is 0 Å². The lowest BCUT2D eigenvalue weighted by molar-refractivity contribution is 0.603. The van der Waals surface area contributed by atoms with E-state index in [1.807, 2.05) is 6.20 Å². The van der Waals surface area contributed by atoms with E-state index < -0.39 is 0 Å². The fourth-order valence-electron chi connectivity index (χ4n) is 2.40. The Kier molecular flexibility index (Phi) is 2.26. The molecule has 0 aromatic carbocycles. The number of nitrogens with two attached hydrogens (primary N) is 1. The monoisotopic (exact) mass is 229 g/mol. The van der Waals surface area contributed by atoms with Gasteiger partial charge in [-0.15, -0.1) is 0 Å². The minimum absolute atomic E-state index is 0.105. The topological polar surface area (TPSA) is 43.3 Å². The Morgan fingerprint density at radius 2 is 2.18 bits per heavy atom. The third-order valence-electron chi connectivity index (χ3n) is 3.51. The number of rotatable bonds is 3. The number of hydrogen-bond acceptors (Lipinski definition) is 2. The molecule has 0 bridgehead atoms. The summed E-state index contributed by atoms with van der Waals surface area (Å²) in [5.41, 5.74) is 8.63. The number of hydrogen-bond donors (Lipinski definition) is 1. The summed E-state index contributed by atoms with van der Waals surface area (Å²) in [5, 5.41) is 0. The minimum Gasteiger partial charge on any atom is -0.320 e. The van der Waals surface area contributed by atoms with E-state index in [4.69, 9.17) is 5.73 Å². The van der Waals surface area contributed by atoms with Gasteiger partial charge in [-0.3, -0.25) is 4.40 Å². The van der Waals surface area contributed by atoms with Gasteiger partial charge >= 0.3 is 0 Å². The molecule has 1 aliphatic carbocycles. The van der Waals surface area contributed by atoms with Gasteiger partial charge in [0.15, 0.2) is 0 Å². The van der Waals surface area contributed by atoms with Crippen molar-refractivity contribution in [3.63, 3.8) is 0 Å². The standard InChI is InChI=1S/C14H19N3/c1-10(2)8-13-16-9-11-4-3-5-12(17(11)13)14(15)6-7-14/h3-5,9-10H,6-8,15H2,1-2H3. The highest BCUT2D eigenvalue weighted by molar-refractivity contribution is 5.49. The Morgan fingerprint density at radius 1 is 1.41 bits per heavy atom. The summed E-state index contributed by atoms with van der Waals surface area (Å²) in [4.78, 5) is 4.54. The largest absolute Gasteiger partial charge is 0.320 e. The first kappa shape index (κ1) is 10.8. The van der Waals surface area contributed by atoms with Gasteiger partial charge in [-0.1, -0.05) is 19.9 Å². The number of fused-ring (bicyclic) bond motifs is 1. The summed E-state index contributed by atoms with van der Waals surface area (Å²) < 4.78 is 2.26. The first-order valence-electron chi connectivity index (χ1n) is 6.35. The van der Waals surface area contributed by atoms with Crippen molar-refractivity contribution in [2.75, 3.05) is 0 Å². The van der Waals surface area contributed by atoms with Crippen LogP contribution < -0.4 is 5.73 Å². The highest BCUT2D eigenvalue weighted by Crippen LogP contribution is 2.42. The lowest BCUT2D eigenvalue weighted by atomic mass is 10.1. The molecule has 3 rings (SSSR count). The van der Waals surface area contributed by atoms with E-state index >= 15 is 0 Å². The van der Waals surface area contributed by atoms with Crippen molar-refractivity contribution in [3.05, 3.63) is 35.9 Å². The lowest BCUT2D eigenvalue weighted by Crippen LogP contribution is -2.23. The van der Waals surface area contributed by atoms with Crippen LogP contribution in [0.1, 0.15) is 38.2 Å². The van der Waals surface area contributed by atoms with Crippen LogP contribution in [0.3, 0.4) is 0 Å². The fourth-order valence-corrected chi connectivity index (χ4v) is 2.40. The summed E-state index contributed by atoms with van der Waals surface area (Å²) in [6.45, 7) is 4.44. The highest BCUT2D eigenvalue weighted by atomic mass is 15.1. The van der Waals surface area contributed by atoms with E-state index in [0.29, 0.717) is 5.92 Å². The average Bonchev–Trinajstić information content (AvgIpc) is 2.90. The summed E-state index contributed by atoms with van der Waals surface area (Å²) >= 11 is 0. The van der Waals surface area contributed by atoms with Gasteiger partial charge in [0, 0.05) is 12.1 Å². The second kappa shape index (κ2) is 3.57. The molecule has 0 amide bonds. The van der Waals surface area contributed by atoms with E-state index in [1.54, 1.807) is 0 Å². The van der Waals surface area contributed by atoms with Crippen LogP contribution in [0.4, 0.5) is 0 Å². The van der Waals surface area contributed by atoms with Crippen molar-refractivity contribution in [2.45, 2.75) is 38.6 Å². The Balaban J connectivity index is 2.17. The minimum atomic E-state index is -0.105. The summed E-state index contributed by atoms with van der Waals surface area (Å²) in [6.07, 6.45) is 5.13. The summed E-state index contributed by atoms with van der Waals surface area (Å²) in [5.74, 6) is 1.75. The molecule has 0 aliphatic heterocycles. The van der Waals surface area contributed by atoms with Crippen LogP contribution in [0, 0.1) is 5.92 Å². The predicted octanol–water partition coefficient (Wildman–Crippen LogP) is 2.48. The SMILES string of the molecule is CC(C)Cc1ncc2cccc(C3(N)CC3)n12. The Hall–Kier alpha value is -1.35. The molecule has 17 heavy (non-hydrogen) atoms. The third-order valence-corrected chi connectivity index (χ3v) is 3.51. The van der Waals surface area contributed by atoms with E-state index in [0.717, 1.165) is 30.6 Å². The smallest absolute Gasteiger partial charge is 0.113 e. The molecule has 0 spiro atoms. The molecule has 1 saturated carbocycles. The molecule has 0 unspecified atom stereocenters. The zero-order chi connectivity index (χ0) is 12.0. The Morgan fingerprint density at radius 3 is 2.82 bits per heavy atom. The van der Waals surface area contributed by atoms with E-state index in [2.05, 4.69) is 41.4 Å². The molecule has 0 radical (unpaired) electrons. The maximum atomic E-state index is 6.34. The first-order chi connectivity index (χ1) is 8.10. The molecule has 1 aliphatic rings. The van der Waals surface area contributed by atoms with Gasteiger partial charge in [0.2, 0.25) is 0 Å². The number of pyridine rings is 1. The summed E-state index contributed by atoms with van der Waals surface area (Å²) in [6, 6.07) is 6.33. The second-order valence-electron chi connectivity index (χ2n) is 5.60. The number of aromatic nitrogens is 2. The van der Waals surface area contributed by atoms with Gasteiger partial charge in [0.05, 0.1) is 17.3 Å². The van der Waals surface area contributed by atoms with Crippen LogP contribution in [0.5, 0.6) is 0 Å². The number of imidazole rings is 1. The van der Waals surface area contributed by atoms with Crippen LogP contribution in [0.25, 0.3) is 5.52 Å². The summed E-state index contributed by atoms with van der Waals surface area (Å²) in [7, 11) is 0. The zero-order valence-electron chi connectivity index (χ0n) is 10.5. The van der Waals surface area contributed by atoms with Crippen LogP contribution in [0.15, 0.2) is 24.4 Å². The normalized spacial score (nSPS) is 17.9. The van der Waals surface area contributed by atoms with E-state index in [9.17, 15) is 0 Å². The highest BCUT2D eigenvalue weighted by Gasteiger charge is 2.42. The molecule has 2 N–H and O–H groups in total. The lowest BCUT2D eigenvalue weighted by Gasteiger charge is -2.15. The molecule has 2 heterocycles. The molecule has 2 aromatic heterocycles. The zero-order valence-corrected chi connectivity index (χ0v) is 10.5. The van der Waals surface area contributed by atoms with Crippen LogP contribution in [0.2, 0.25) is 0 Å². The molecule has 1 fully saturated rings. The molecule has 3 nitrogen and oxygen atoms in total. The van der Waals surface area contributed by atoms with Crippen LogP contribution in [-0.4, -0.2) is 9.38 Å². The quantitative estimate of drug-likeness (QED) is 0.878. The predicted molar refractivity (Wildman–Crippen MR) is 68.8 cm³/mol.